The highest BCUT2D eigenvalue weighted by Gasteiger charge is 2.23. The van der Waals surface area contributed by atoms with Crippen molar-refractivity contribution in [3.05, 3.63) is 46.6 Å². The average Bonchev–Trinajstić information content (AvgIpc) is 2.87. The van der Waals surface area contributed by atoms with Crippen LogP contribution in [0.5, 0.6) is 0 Å². The fourth-order valence-corrected chi connectivity index (χ4v) is 3.16. The third-order valence-corrected chi connectivity index (χ3v) is 4.40. The molecule has 1 saturated heterocycles. The van der Waals surface area contributed by atoms with E-state index in [-0.39, 0.29) is 11.9 Å². The molecule has 1 amide bonds. The number of hydrogen-bond acceptors (Lipinski definition) is 4. The molecule has 0 atom stereocenters. The van der Waals surface area contributed by atoms with Crippen molar-refractivity contribution < 1.29 is 9.21 Å². The largest absolute Gasteiger partial charge is 0.466 e. The van der Waals surface area contributed by atoms with E-state index in [1.807, 2.05) is 26.0 Å². The van der Waals surface area contributed by atoms with E-state index in [4.69, 9.17) is 16.0 Å². The first kappa shape index (κ1) is 15.9. The Morgan fingerprint density at radius 1 is 1.35 bits per heavy atom. The lowest BCUT2D eigenvalue weighted by Crippen LogP contribution is -2.44. The molecule has 5 nitrogen and oxygen atoms in total. The fraction of sp³-hybridized carbons (Fsp3) is 0.412. The van der Waals surface area contributed by atoms with Gasteiger partial charge in [0.15, 0.2) is 0 Å². The summed E-state index contributed by atoms with van der Waals surface area (Å²) >= 11 is 5.94. The van der Waals surface area contributed by atoms with E-state index in [0.29, 0.717) is 16.5 Å². The number of hydrogen-bond donors (Lipinski definition) is 1. The lowest BCUT2D eigenvalue weighted by atomic mass is 10.0. The molecule has 0 aromatic carbocycles. The topological polar surface area (TPSA) is 58.4 Å². The summed E-state index contributed by atoms with van der Waals surface area (Å²) in [7, 11) is 0. The van der Waals surface area contributed by atoms with Gasteiger partial charge in [-0.1, -0.05) is 11.6 Å². The molecule has 23 heavy (non-hydrogen) atoms. The van der Waals surface area contributed by atoms with Crippen LogP contribution in [0.3, 0.4) is 0 Å². The van der Waals surface area contributed by atoms with Crippen molar-refractivity contribution in [1.82, 2.24) is 10.3 Å². The zero-order chi connectivity index (χ0) is 16.4. The van der Waals surface area contributed by atoms with Crippen LogP contribution >= 0.6 is 11.6 Å². The number of anilines is 1. The molecule has 1 fully saturated rings. The number of rotatable bonds is 3. The first-order valence-corrected chi connectivity index (χ1v) is 8.15. The van der Waals surface area contributed by atoms with E-state index in [0.717, 1.165) is 37.4 Å². The Hall–Kier alpha value is -2.01. The summed E-state index contributed by atoms with van der Waals surface area (Å²) in [6.45, 7) is 5.43. The van der Waals surface area contributed by atoms with Crippen molar-refractivity contribution in [3.63, 3.8) is 0 Å². The number of halogens is 1. The van der Waals surface area contributed by atoms with Gasteiger partial charge in [0.05, 0.1) is 5.56 Å². The van der Waals surface area contributed by atoms with E-state index in [2.05, 4.69) is 15.2 Å². The van der Waals surface area contributed by atoms with Gasteiger partial charge in [-0.2, -0.15) is 0 Å². The van der Waals surface area contributed by atoms with Crippen LogP contribution in [0.15, 0.2) is 28.8 Å². The van der Waals surface area contributed by atoms with Crippen LogP contribution in [0.4, 0.5) is 5.69 Å². The standard InChI is InChI=1S/C17H20ClN3O2/c1-11-9-15(12(2)23-11)17(22)20-13-4-7-21(8-5-13)14-3-6-19-16(18)10-14/h3,6,9-10,13H,4-5,7-8H2,1-2H3,(H,20,22). The van der Waals surface area contributed by atoms with Crippen LogP contribution in [0, 0.1) is 13.8 Å². The van der Waals surface area contributed by atoms with Crippen molar-refractivity contribution in [2.75, 3.05) is 18.0 Å². The second-order valence-electron chi connectivity index (χ2n) is 5.90. The fourth-order valence-electron chi connectivity index (χ4n) is 2.99. The predicted molar refractivity (Wildman–Crippen MR) is 90.1 cm³/mol. The lowest BCUT2D eigenvalue weighted by Gasteiger charge is -2.33. The number of nitrogens with one attached hydrogen (secondary N) is 1. The second-order valence-corrected chi connectivity index (χ2v) is 6.29. The van der Waals surface area contributed by atoms with Crippen LogP contribution < -0.4 is 10.2 Å². The van der Waals surface area contributed by atoms with Gasteiger partial charge in [0, 0.05) is 31.0 Å². The number of amides is 1. The van der Waals surface area contributed by atoms with Gasteiger partial charge in [-0.25, -0.2) is 4.98 Å². The smallest absolute Gasteiger partial charge is 0.255 e. The van der Waals surface area contributed by atoms with Crippen LogP contribution in [0.1, 0.15) is 34.7 Å². The van der Waals surface area contributed by atoms with Gasteiger partial charge >= 0.3 is 0 Å². The molecule has 0 aliphatic carbocycles. The highest BCUT2D eigenvalue weighted by molar-refractivity contribution is 6.29. The van der Waals surface area contributed by atoms with Gasteiger partial charge in [-0.15, -0.1) is 0 Å². The van der Waals surface area contributed by atoms with Crippen LogP contribution in [-0.2, 0) is 0 Å². The molecule has 2 aromatic heterocycles. The highest BCUT2D eigenvalue weighted by Crippen LogP contribution is 2.22. The molecule has 0 bridgehead atoms. The van der Waals surface area contributed by atoms with Crippen LogP contribution in [-0.4, -0.2) is 30.0 Å². The maximum atomic E-state index is 12.3. The van der Waals surface area contributed by atoms with Gasteiger partial charge in [-0.3, -0.25) is 4.79 Å². The summed E-state index contributed by atoms with van der Waals surface area (Å²) in [4.78, 5) is 18.6. The summed E-state index contributed by atoms with van der Waals surface area (Å²) in [5.41, 5.74) is 1.71. The summed E-state index contributed by atoms with van der Waals surface area (Å²) < 4.78 is 5.42. The Kier molecular flexibility index (Phi) is 4.57. The number of carbonyl (C=O) groups excluding carboxylic acids is 1. The number of piperidine rings is 1. The molecular formula is C17H20ClN3O2. The Morgan fingerprint density at radius 3 is 2.70 bits per heavy atom. The zero-order valence-electron chi connectivity index (χ0n) is 13.3. The van der Waals surface area contributed by atoms with Crippen LogP contribution in [0.2, 0.25) is 5.15 Å². The number of aryl methyl sites for hydroxylation is 2. The molecule has 2 aromatic rings. The second kappa shape index (κ2) is 6.62. The van der Waals surface area contributed by atoms with E-state index >= 15 is 0 Å². The predicted octanol–water partition coefficient (Wildman–Crippen LogP) is 3.34. The van der Waals surface area contributed by atoms with Crippen molar-refractivity contribution in [3.8, 4) is 0 Å². The SMILES string of the molecule is Cc1cc(C(=O)NC2CCN(c3ccnc(Cl)c3)CC2)c(C)o1. The van der Waals surface area contributed by atoms with E-state index in [1.165, 1.54) is 0 Å². The first-order valence-electron chi connectivity index (χ1n) is 7.77. The first-order chi connectivity index (χ1) is 11.0. The van der Waals surface area contributed by atoms with Gasteiger partial charge in [0.1, 0.15) is 16.7 Å². The minimum Gasteiger partial charge on any atom is -0.466 e. The maximum absolute atomic E-state index is 12.3. The quantitative estimate of drug-likeness (QED) is 0.875. The number of aromatic nitrogens is 1. The zero-order valence-corrected chi connectivity index (χ0v) is 14.1. The number of nitrogens with zero attached hydrogens (tertiary/aromatic N) is 2. The molecule has 0 spiro atoms. The summed E-state index contributed by atoms with van der Waals surface area (Å²) in [6.07, 6.45) is 3.53. The molecule has 1 N–H and O–H groups in total. The molecular weight excluding hydrogens is 314 g/mol. The summed E-state index contributed by atoms with van der Waals surface area (Å²) in [5, 5.41) is 3.61. The highest BCUT2D eigenvalue weighted by atomic mass is 35.5. The van der Waals surface area contributed by atoms with Gasteiger partial charge in [0.2, 0.25) is 0 Å². The Morgan fingerprint density at radius 2 is 2.09 bits per heavy atom. The molecule has 3 rings (SSSR count). The number of furan rings is 1. The molecule has 1 aliphatic heterocycles. The van der Waals surface area contributed by atoms with Crippen LogP contribution in [0.25, 0.3) is 0 Å². The molecule has 0 radical (unpaired) electrons. The normalized spacial score (nSPS) is 15.7. The molecule has 3 heterocycles. The van der Waals surface area contributed by atoms with Crippen molar-refractivity contribution in [1.29, 1.82) is 0 Å². The minimum absolute atomic E-state index is 0.0512. The van der Waals surface area contributed by atoms with Crippen molar-refractivity contribution in [2.45, 2.75) is 32.7 Å². The number of carbonyl (C=O) groups is 1. The minimum atomic E-state index is -0.0512. The van der Waals surface area contributed by atoms with E-state index in [9.17, 15) is 4.79 Å². The van der Waals surface area contributed by atoms with Gasteiger partial charge < -0.3 is 14.6 Å². The van der Waals surface area contributed by atoms with Crippen molar-refractivity contribution >= 4 is 23.2 Å². The van der Waals surface area contributed by atoms with Gasteiger partial charge in [0.25, 0.3) is 5.91 Å². The Labute approximate surface area is 140 Å². The average molecular weight is 334 g/mol. The number of pyridine rings is 1. The third-order valence-electron chi connectivity index (χ3n) is 4.19. The van der Waals surface area contributed by atoms with Crippen molar-refractivity contribution in [2.24, 2.45) is 0 Å². The maximum Gasteiger partial charge on any atom is 0.255 e. The summed E-state index contributed by atoms with van der Waals surface area (Å²) in [5.74, 6) is 1.38. The molecule has 122 valence electrons. The van der Waals surface area contributed by atoms with E-state index in [1.54, 1.807) is 12.3 Å². The van der Waals surface area contributed by atoms with E-state index < -0.39 is 0 Å². The summed E-state index contributed by atoms with van der Waals surface area (Å²) in [6, 6.07) is 5.81. The molecule has 1 aliphatic rings. The monoisotopic (exact) mass is 333 g/mol. The molecule has 6 heteroatoms. The third kappa shape index (κ3) is 3.67. The van der Waals surface area contributed by atoms with Gasteiger partial charge in [-0.05, 0) is 44.9 Å². The Bertz CT molecular complexity index is 706. The lowest BCUT2D eigenvalue weighted by molar-refractivity contribution is 0.0929. The molecule has 0 unspecified atom stereocenters. The molecule has 0 saturated carbocycles. The Balaban J connectivity index is 1.57.